The first-order valence-electron chi connectivity index (χ1n) is 6.31. The molecule has 6 N–H and O–H groups in total. The summed E-state index contributed by atoms with van der Waals surface area (Å²) in [6.07, 6.45) is 0. The van der Waals surface area contributed by atoms with Crippen LogP contribution in [0, 0.1) is 6.92 Å². The Morgan fingerprint density at radius 3 is 2.40 bits per heavy atom. The van der Waals surface area contributed by atoms with Gasteiger partial charge in [0, 0.05) is 22.5 Å². The van der Waals surface area contributed by atoms with Gasteiger partial charge in [0.2, 0.25) is 0 Å². The zero-order chi connectivity index (χ0) is 14.8. The van der Waals surface area contributed by atoms with Crippen LogP contribution >= 0.6 is 0 Å². The van der Waals surface area contributed by atoms with E-state index in [0.29, 0.717) is 11.4 Å². The topological polar surface area (TPSA) is 112 Å². The number of aryl methyl sites for hydroxylation is 1. The van der Waals surface area contributed by atoms with Gasteiger partial charge in [0.1, 0.15) is 5.54 Å². The molecule has 0 aliphatic heterocycles. The number of benzene rings is 1. The number of hydrogen-bond acceptors (Lipinski definition) is 6. The Morgan fingerprint density at radius 1 is 1.15 bits per heavy atom. The lowest BCUT2D eigenvalue weighted by molar-refractivity contribution is 0.0834. The number of aromatic nitrogens is 1. The fourth-order valence-electron chi connectivity index (χ4n) is 2.03. The molecule has 20 heavy (non-hydrogen) atoms. The van der Waals surface area contributed by atoms with Gasteiger partial charge in [-0.25, -0.2) is 0 Å². The lowest BCUT2D eigenvalue weighted by Crippen LogP contribution is -2.49. The van der Waals surface area contributed by atoms with Crippen molar-refractivity contribution in [3.63, 3.8) is 0 Å². The van der Waals surface area contributed by atoms with Gasteiger partial charge in [-0.15, -0.1) is 0 Å². The van der Waals surface area contributed by atoms with E-state index in [9.17, 15) is 15.3 Å². The molecule has 6 nitrogen and oxygen atoms in total. The van der Waals surface area contributed by atoms with Crippen molar-refractivity contribution in [3.05, 3.63) is 30.0 Å². The minimum absolute atomic E-state index is 0.398. The zero-order valence-electron chi connectivity index (χ0n) is 11.3. The summed E-state index contributed by atoms with van der Waals surface area (Å²) in [5.74, 6) is 0. The van der Waals surface area contributed by atoms with E-state index in [2.05, 4.69) is 10.3 Å². The van der Waals surface area contributed by atoms with Crippen molar-refractivity contribution in [1.82, 2.24) is 4.98 Å². The first-order valence-corrected chi connectivity index (χ1v) is 6.31. The number of pyridine rings is 1. The lowest BCUT2D eigenvalue weighted by Gasteiger charge is -2.30. The van der Waals surface area contributed by atoms with E-state index in [-0.39, 0.29) is 0 Å². The molecule has 0 amide bonds. The number of rotatable bonds is 5. The van der Waals surface area contributed by atoms with Crippen molar-refractivity contribution >= 4 is 22.3 Å². The second-order valence-corrected chi connectivity index (χ2v) is 4.97. The van der Waals surface area contributed by atoms with Crippen LogP contribution in [-0.4, -0.2) is 45.7 Å². The molecule has 2 aromatic rings. The minimum atomic E-state index is -1.19. The highest BCUT2D eigenvalue weighted by molar-refractivity contribution is 5.93. The summed E-state index contributed by atoms with van der Waals surface area (Å²) in [6, 6.07) is 7.12. The van der Waals surface area contributed by atoms with Gasteiger partial charge >= 0.3 is 0 Å². The van der Waals surface area contributed by atoms with Crippen LogP contribution in [0.4, 0.5) is 11.4 Å². The first-order chi connectivity index (χ1) is 9.53. The van der Waals surface area contributed by atoms with Crippen molar-refractivity contribution in [2.24, 2.45) is 0 Å². The third-order valence-electron chi connectivity index (χ3n) is 3.27. The van der Waals surface area contributed by atoms with Gasteiger partial charge in [-0.3, -0.25) is 4.98 Å². The molecular weight excluding hydrogens is 258 g/mol. The smallest absolute Gasteiger partial charge is 0.107 e. The Bertz CT molecular complexity index is 604. The SMILES string of the molecule is Cc1cc(NC(CO)(CO)CO)c2cc(N)ccc2n1. The number of fused-ring (bicyclic) bond motifs is 1. The van der Waals surface area contributed by atoms with Crippen LogP contribution in [0.15, 0.2) is 24.3 Å². The maximum absolute atomic E-state index is 9.41. The second-order valence-electron chi connectivity index (χ2n) is 4.97. The number of nitrogens with two attached hydrogens (primary N) is 1. The Kier molecular flexibility index (Phi) is 4.08. The van der Waals surface area contributed by atoms with Gasteiger partial charge in [-0.2, -0.15) is 0 Å². The lowest BCUT2D eigenvalue weighted by atomic mass is 10.0. The Labute approximate surface area is 116 Å². The number of aliphatic hydroxyl groups excluding tert-OH is 3. The number of nitrogens with zero attached hydrogens (tertiary/aromatic N) is 1. The van der Waals surface area contributed by atoms with Crippen molar-refractivity contribution in [2.75, 3.05) is 30.9 Å². The van der Waals surface area contributed by atoms with Gasteiger partial charge in [-0.1, -0.05) is 0 Å². The fraction of sp³-hybridized carbons (Fsp3) is 0.357. The van der Waals surface area contributed by atoms with Crippen molar-refractivity contribution in [3.8, 4) is 0 Å². The van der Waals surface area contributed by atoms with E-state index in [4.69, 9.17) is 5.73 Å². The van der Waals surface area contributed by atoms with Gasteiger partial charge in [0.05, 0.1) is 25.3 Å². The summed E-state index contributed by atoms with van der Waals surface area (Å²) >= 11 is 0. The van der Waals surface area contributed by atoms with Gasteiger partial charge in [-0.05, 0) is 31.2 Å². The summed E-state index contributed by atoms with van der Waals surface area (Å²) in [6.45, 7) is 0.654. The maximum Gasteiger partial charge on any atom is 0.107 e. The van der Waals surface area contributed by atoms with E-state index in [1.807, 2.05) is 6.92 Å². The summed E-state index contributed by atoms with van der Waals surface area (Å²) < 4.78 is 0. The van der Waals surface area contributed by atoms with Crippen LogP contribution in [0.3, 0.4) is 0 Å². The molecular formula is C14H19N3O3. The number of nitrogen functional groups attached to an aromatic ring is 1. The Morgan fingerprint density at radius 2 is 1.80 bits per heavy atom. The monoisotopic (exact) mass is 277 g/mol. The van der Waals surface area contributed by atoms with Gasteiger partial charge in [0.15, 0.2) is 0 Å². The molecule has 0 radical (unpaired) electrons. The molecule has 1 aromatic carbocycles. The van der Waals surface area contributed by atoms with E-state index in [1.54, 1.807) is 24.3 Å². The van der Waals surface area contributed by atoms with E-state index < -0.39 is 25.4 Å². The molecule has 1 heterocycles. The summed E-state index contributed by atoms with van der Waals surface area (Å²) in [4.78, 5) is 4.40. The Balaban J connectivity index is 2.55. The molecule has 0 saturated heterocycles. The molecule has 0 atom stereocenters. The normalized spacial score (nSPS) is 11.8. The highest BCUT2D eigenvalue weighted by atomic mass is 16.3. The van der Waals surface area contributed by atoms with Crippen LogP contribution in [0.5, 0.6) is 0 Å². The van der Waals surface area contributed by atoms with Gasteiger partial charge < -0.3 is 26.4 Å². The highest BCUT2D eigenvalue weighted by Crippen LogP contribution is 2.27. The number of aliphatic hydroxyl groups is 3. The van der Waals surface area contributed by atoms with Crippen molar-refractivity contribution < 1.29 is 15.3 Å². The molecule has 1 aromatic heterocycles. The predicted molar refractivity (Wildman–Crippen MR) is 78.5 cm³/mol. The zero-order valence-corrected chi connectivity index (χ0v) is 11.3. The Hall–Kier alpha value is -1.89. The minimum Gasteiger partial charge on any atom is -0.399 e. The molecule has 0 aliphatic carbocycles. The number of nitrogens with one attached hydrogen (secondary N) is 1. The third kappa shape index (κ3) is 2.67. The summed E-state index contributed by atoms with van der Waals surface area (Å²) in [5, 5.41) is 32.0. The largest absolute Gasteiger partial charge is 0.399 e. The second kappa shape index (κ2) is 5.62. The molecule has 108 valence electrons. The average molecular weight is 277 g/mol. The summed E-state index contributed by atoms with van der Waals surface area (Å²) in [7, 11) is 0. The standard InChI is InChI=1S/C14H19N3O3/c1-9-4-13(17-14(6-18,7-19)8-20)11-5-10(15)2-3-12(11)16-9/h2-5,18-20H,6-8,15H2,1H3,(H,16,17). The van der Waals surface area contributed by atoms with Gasteiger partial charge in [0.25, 0.3) is 0 Å². The highest BCUT2D eigenvalue weighted by Gasteiger charge is 2.28. The fourth-order valence-corrected chi connectivity index (χ4v) is 2.03. The van der Waals surface area contributed by atoms with E-state index in [0.717, 1.165) is 16.6 Å². The molecule has 0 fully saturated rings. The van der Waals surface area contributed by atoms with Crippen LogP contribution in [0.1, 0.15) is 5.69 Å². The predicted octanol–water partition coefficient (Wildman–Crippen LogP) is 0.253. The number of anilines is 2. The molecule has 0 aliphatic rings. The quantitative estimate of drug-likeness (QED) is 0.501. The first kappa shape index (κ1) is 14.5. The van der Waals surface area contributed by atoms with Crippen molar-refractivity contribution in [2.45, 2.75) is 12.5 Å². The molecule has 2 rings (SSSR count). The van der Waals surface area contributed by atoms with Crippen LogP contribution in [0.25, 0.3) is 10.9 Å². The van der Waals surface area contributed by atoms with E-state index in [1.165, 1.54) is 0 Å². The number of hydrogen-bond donors (Lipinski definition) is 5. The van der Waals surface area contributed by atoms with Crippen LogP contribution < -0.4 is 11.1 Å². The molecule has 0 spiro atoms. The molecule has 0 saturated carbocycles. The van der Waals surface area contributed by atoms with E-state index >= 15 is 0 Å². The molecule has 0 bridgehead atoms. The maximum atomic E-state index is 9.41. The average Bonchev–Trinajstić information content (AvgIpc) is 2.45. The van der Waals surface area contributed by atoms with Crippen LogP contribution in [0.2, 0.25) is 0 Å². The molecule has 0 unspecified atom stereocenters. The van der Waals surface area contributed by atoms with Crippen molar-refractivity contribution in [1.29, 1.82) is 0 Å². The summed E-state index contributed by atoms with van der Waals surface area (Å²) in [5.41, 5.74) is 7.39. The molecule has 6 heteroatoms. The third-order valence-corrected chi connectivity index (χ3v) is 3.27. The van der Waals surface area contributed by atoms with Crippen LogP contribution in [-0.2, 0) is 0 Å².